The zero-order valence-electron chi connectivity index (χ0n) is 23.4. The van der Waals surface area contributed by atoms with E-state index in [2.05, 4.69) is 99.5 Å². The molecule has 0 N–H and O–H groups in total. The molecular formula is C38H23N5S. The van der Waals surface area contributed by atoms with Crippen molar-refractivity contribution in [1.82, 2.24) is 24.5 Å². The Balaban J connectivity index is 1.25. The molecule has 0 unspecified atom stereocenters. The van der Waals surface area contributed by atoms with Crippen LogP contribution in [0.4, 0.5) is 0 Å². The molecule has 0 amide bonds. The number of benzene rings is 3. The number of nitrogens with zero attached hydrogens (tertiary/aromatic N) is 5. The summed E-state index contributed by atoms with van der Waals surface area (Å²) in [5.41, 5.74) is 10.3. The maximum Gasteiger partial charge on any atom is 0.0963 e. The van der Waals surface area contributed by atoms with Gasteiger partial charge in [0.1, 0.15) is 0 Å². The monoisotopic (exact) mass is 581 g/mol. The molecule has 0 saturated heterocycles. The third-order valence-corrected chi connectivity index (χ3v) is 9.36. The van der Waals surface area contributed by atoms with Gasteiger partial charge >= 0.3 is 0 Å². The van der Waals surface area contributed by atoms with E-state index in [1.807, 2.05) is 54.2 Å². The molecule has 6 heterocycles. The minimum atomic E-state index is 0.874. The van der Waals surface area contributed by atoms with Crippen molar-refractivity contribution in [3.63, 3.8) is 0 Å². The molecule has 206 valence electrons. The highest BCUT2D eigenvalue weighted by Gasteiger charge is 2.19. The molecule has 0 aliphatic rings. The fourth-order valence-electron chi connectivity index (χ4n) is 6.22. The molecule has 0 fully saturated rings. The number of aromatic nitrogens is 5. The van der Waals surface area contributed by atoms with Gasteiger partial charge < -0.3 is 4.57 Å². The van der Waals surface area contributed by atoms with Crippen LogP contribution in [0.25, 0.3) is 81.4 Å². The number of rotatable bonds is 4. The number of hydrogen-bond acceptors (Lipinski definition) is 5. The van der Waals surface area contributed by atoms with Crippen molar-refractivity contribution in [2.75, 3.05) is 0 Å². The maximum atomic E-state index is 5.08. The van der Waals surface area contributed by atoms with Gasteiger partial charge in [-0.3, -0.25) is 15.0 Å². The molecule has 0 saturated carbocycles. The van der Waals surface area contributed by atoms with E-state index < -0.39 is 0 Å². The molecular weight excluding hydrogens is 559 g/mol. The van der Waals surface area contributed by atoms with Crippen molar-refractivity contribution in [2.45, 2.75) is 0 Å². The van der Waals surface area contributed by atoms with E-state index in [9.17, 15) is 0 Å². The van der Waals surface area contributed by atoms with Gasteiger partial charge in [-0.1, -0.05) is 36.4 Å². The molecule has 5 nitrogen and oxygen atoms in total. The summed E-state index contributed by atoms with van der Waals surface area (Å²) in [4.78, 5) is 18.6. The molecule has 44 heavy (non-hydrogen) atoms. The van der Waals surface area contributed by atoms with Crippen molar-refractivity contribution >= 4 is 53.4 Å². The summed E-state index contributed by atoms with van der Waals surface area (Å²) in [6.45, 7) is 0. The smallest absolute Gasteiger partial charge is 0.0963 e. The summed E-state index contributed by atoms with van der Waals surface area (Å²) in [6.07, 6.45) is 9.20. The largest absolute Gasteiger partial charge is 0.307 e. The predicted octanol–water partition coefficient (Wildman–Crippen LogP) is 9.73. The normalized spacial score (nSPS) is 11.6. The van der Waals surface area contributed by atoms with Crippen LogP contribution in [-0.4, -0.2) is 24.5 Å². The summed E-state index contributed by atoms with van der Waals surface area (Å²) in [5, 5.41) is 3.71. The Labute approximate surface area is 256 Å². The second-order valence-corrected chi connectivity index (χ2v) is 11.9. The van der Waals surface area contributed by atoms with E-state index in [-0.39, 0.29) is 0 Å². The lowest BCUT2D eigenvalue weighted by Gasteiger charge is -2.12. The van der Waals surface area contributed by atoms with E-state index in [1.165, 1.54) is 25.7 Å². The zero-order chi connectivity index (χ0) is 29.0. The van der Waals surface area contributed by atoms with Gasteiger partial charge in [0, 0.05) is 78.9 Å². The van der Waals surface area contributed by atoms with Gasteiger partial charge in [-0.2, -0.15) is 0 Å². The van der Waals surface area contributed by atoms with Crippen molar-refractivity contribution < 1.29 is 0 Å². The van der Waals surface area contributed by atoms with Crippen LogP contribution < -0.4 is 0 Å². The summed E-state index contributed by atoms with van der Waals surface area (Å²) in [7, 11) is 0. The number of thiophene rings is 1. The van der Waals surface area contributed by atoms with Gasteiger partial charge in [0.2, 0.25) is 0 Å². The molecule has 0 atom stereocenters. The lowest BCUT2D eigenvalue weighted by atomic mass is 10.0. The van der Waals surface area contributed by atoms with Crippen molar-refractivity contribution in [3.8, 4) is 39.3 Å². The fraction of sp³-hybridized carbons (Fsp3) is 0. The van der Waals surface area contributed by atoms with Crippen LogP contribution in [0, 0.1) is 0 Å². The minimum Gasteiger partial charge on any atom is -0.307 e. The SMILES string of the molecule is c1cncc(-c2cc(-c3ccc(-n4c5cccnc5c5ccc6sc7ccccc7c6c54)cc3)nc(-c3cccnc3)c2)c1. The van der Waals surface area contributed by atoms with Crippen LogP contribution in [0.15, 0.2) is 140 Å². The molecule has 0 aliphatic heterocycles. The first kappa shape index (κ1) is 24.8. The Hall–Kier alpha value is -5.72. The highest BCUT2D eigenvalue weighted by Crippen LogP contribution is 2.42. The van der Waals surface area contributed by atoms with E-state index in [4.69, 9.17) is 9.97 Å². The number of pyridine rings is 4. The Morgan fingerprint density at radius 2 is 1.30 bits per heavy atom. The molecule has 0 bridgehead atoms. The predicted molar refractivity (Wildman–Crippen MR) is 181 cm³/mol. The Morgan fingerprint density at radius 1 is 0.545 bits per heavy atom. The highest BCUT2D eigenvalue weighted by molar-refractivity contribution is 7.26. The Kier molecular flexibility index (Phi) is 5.61. The van der Waals surface area contributed by atoms with E-state index in [0.717, 1.165) is 55.7 Å². The maximum absolute atomic E-state index is 5.08. The summed E-state index contributed by atoms with van der Waals surface area (Å²) in [6, 6.07) is 38.3. The van der Waals surface area contributed by atoms with Crippen molar-refractivity contribution in [3.05, 3.63) is 140 Å². The first-order valence-corrected chi connectivity index (χ1v) is 15.3. The number of hydrogen-bond donors (Lipinski definition) is 0. The van der Waals surface area contributed by atoms with Gasteiger partial charge in [0.15, 0.2) is 0 Å². The van der Waals surface area contributed by atoms with Crippen LogP contribution in [0.3, 0.4) is 0 Å². The molecule has 9 rings (SSSR count). The summed E-state index contributed by atoms with van der Waals surface area (Å²) < 4.78 is 4.93. The van der Waals surface area contributed by atoms with E-state index in [0.29, 0.717) is 0 Å². The Morgan fingerprint density at radius 3 is 2.09 bits per heavy atom. The highest BCUT2D eigenvalue weighted by atomic mass is 32.1. The topological polar surface area (TPSA) is 56.5 Å². The molecule has 3 aromatic carbocycles. The average molecular weight is 582 g/mol. The van der Waals surface area contributed by atoms with E-state index >= 15 is 0 Å². The molecule has 0 spiro atoms. The molecule has 6 aromatic heterocycles. The van der Waals surface area contributed by atoms with Crippen LogP contribution in [0.5, 0.6) is 0 Å². The van der Waals surface area contributed by atoms with Crippen LogP contribution in [-0.2, 0) is 0 Å². The standard InChI is InChI=1S/C38H23N5S/c1-2-10-34-29(8-1)36-35(44-34)16-15-30-37-33(9-5-19-41-37)43(38(30)36)28-13-11-24(12-14-28)31-20-27(25-6-3-17-39-22-25)21-32(42-31)26-7-4-18-40-23-26/h1-23H. The van der Waals surface area contributed by atoms with E-state index in [1.54, 1.807) is 12.4 Å². The second-order valence-electron chi connectivity index (χ2n) is 10.8. The Bertz CT molecular complexity index is 2420. The summed E-state index contributed by atoms with van der Waals surface area (Å²) >= 11 is 1.84. The van der Waals surface area contributed by atoms with Gasteiger partial charge in [-0.15, -0.1) is 11.3 Å². The van der Waals surface area contributed by atoms with Gasteiger partial charge in [0.25, 0.3) is 0 Å². The first-order valence-electron chi connectivity index (χ1n) is 14.4. The quantitative estimate of drug-likeness (QED) is 0.208. The average Bonchev–Trinajstić information content (AvgIpc) is 3.65. The molecule has 6 heteroatoms. The molecule has 9 aromatic rings. The molecule has 0 radical (unpaired) electrons. The fourth-order valence-corrected chi connectivity index (χ4v) is 7.33. The third-order valence-electron chi connectivity index (χ3n) is 8.22. The zero-order valence-corrected chi connectivity index (χ0v) is 24.2. The summed E-state index contributed by atoms with van der Waals surface area (Å²) in [5.74, 6) is 0. The number of fused-ring (bicyclic) bond motifs is 7. The van der Waals surface area contributed by atoms with Crippen LogP contribution >= 0.6 is 11.3 Å². The first-order chi connectivity index (χ1) is 21.8. The van der Waals surface area contributed by atoms with Gasteiger partial charge in [0.05, 0.1) is 27.9 Å². The van der Waals surface area contributed by atoms with Crippen LogP contribution in [0.2, 0.25) is 0 Å². The van der Waals surface area contributed by atoms with Crippen molar-refractivity contribution in [1.29, 1.82) is 0 Å². The van der Waals surface area contributed by atoms with Gasteiger partial charge in [-0.05, 0) is 78.4 Å². The minimum absolute atomic E-state index is 0.874. The van der Waals surface area contributed by atoms with Crippen LogP contribution in [0.1, 0.15) is 0 Å². The molecule has 0 aliphatic carbocycles. The van der Waals surface area contributed by atoms with Gasteiger partial charge in [-0.25, -0.2) is 4.98 Å². The third kappa shape index (κ3) is 3.92. The van der Waals surface area contributed by atoms with Crippen molar-refractivity contribution in [2.24, 2.45) is 0 Å². The second kappa shape index (κ2) is 9.93. The lowest BCUT2D eigenvalue weighted by Crippen LogP contribution is -1.95. The lowest BCUT2D eigenvalue weighted by molar-refractivity contribution is 1.18.